The highest BCUT2D eigenvalue weighted by Gasteiger charge is 2.52. The molecule has 9 nitrogen and oxygen atoms in total. The fraction of sp³-hybridized carbons (Fsp3) is 0.444. The Hall–Kier alpha value is -3.75. The molecule has 9 heteroatoms. The normalized spacial score (nSPS) is 19.9. The molecule has 0 aliphatic carbocycles. The first-order chi connectivity index (χ1) is 17.2. The molecule has 3 amide bonds. The average Bonchev–Trinajstić information content (AvgIpc) is 3.44. The van der Waals surface area contributed by atoms with Gasteiger partial charge in [-0.25, -0.2) is 0 Å². The van der Waals surface area contributed by atoms with Gasteiger partial charge in [0.05, 0.1) is 12.6 Å². The second-order valence-corrected chi connectivity index (χ2v) is 10.1. The first kappa shape index (κ1) is 25.3. The lowest BCUT2D eigenvalue weighted by Gasteiger charge is -2.29. The van der Waals surface area contributed by atoms with Crippen molar-refractivity contribution in [3.63, 3.8) is 0 Å². The van der Waals surface area contributed by atoms with Crippen LogP contribution in [0.1, 0.15) is 47.4 Å². The number of ketones is 1. The summed E-state index contributed by atoms with van der Waals surface area (Å²) < 4.78 is 0. The molecule has 3 atom stereocenters. The monoisotopic (exact) mass is 491 g/mol. The molecular formula is C27H33N5O4. The molecule has 0 saturated carbocycles. The first-order valence-electron chi connectivity index (χ1n) is 12.3. The molecule has 2 aliphatic heterocycles. The van der Waals surface area contributed by atoms with Gasteiger partial charge in [-0.05, 0) is 55.2 Å². The molecule has 190 valence electrons. The van der Waals surface area contributed by atoms with Crippen LogP contribution in [0.5, 0.6) is 0 Å². The number of benzene rings is 1. The number of anilines is 1. The highest BCUT2D eigenvalue weighted by atomic mass is 16.2. The highest BCUT2D eigenvalue weighted by molar-refractivity contribution is 6.03. The van der Waals surface area contributed by atoms with Crippen molar-refractivity contribution in [1.29, 1.82) is 0 Å². The van der Waals surface area contributed by atoms with Gasteiger partial charge in [0, 0.05) is 49.8 Å². The molecule has 36 heavy (non-hydrogen) atoms. The summed E-state index contributed by atoms with van der Waals surface area (Å²) in [7, 11) is 3.84. The number of amides is 3. The van der Waals surface area contributed by atoms with Gasteiger partial charge in [-0.1, -0.05) is 13.8 Å². The lowest BCUT2D eigenvalue weighted by atomic mass is 10.0. The Kier molecular flexibility index (Phi) is 7.37. The van der Waals surface area contributed by atoms with Gasteiger partial charge >= 0.3 is 0 Å². The summed E-state index contributed by atoms with van der Waals surface area (Å²) in [5.74, 6) is -0.843. The van der Waals surface area contributed by atoms with E-state index < -0.39 is 12.1 Å². The average molecular weight is 492 g/mol. The Morgan fingerprint density at radius 2 is 1.69 bits per heavy atom. The zero-order valence-corrected chi connectivity index (χ0v) is 21.2. The standard InChI is InChI=1S/C27H33N5O4/c1-17(2)15-21(29-25(34)18-5-7-20(8-6-18)30(3)4)27(36)31-14-11-22-24(31)23(33)16-32(22)26(35)19-9-12-28-13-10-19/h5-10,12-13,17,21-22,24H,11,14-16H2,1-4H3,(H,29,34)/t21-,22+,24-/m0/s1. The topological polar surface area (TPSA) is 103 Å². The fourth-order valence-corrected chi connectivity index (χ4v) is 5.04. The van der Waals surface area contributed by atoms with Gasteiger partial charge in [0.2, 0.25) is 5.91 Å². The van der Waals surface area contributed by atoms with Crippen molar-refractivity contribution in [2.45, 2.75) is 44.8 Å². The summed E-state index contributed by atoms with van der Waals surface area (Å²) in [5.41, 5.74) is 1.90. The molecule has 4 rings (SSSR count). The van der Waals surface area contributed by atoms with Gasteiger partial charge in [0.1, 0.15) is 12.1 Å². The second-order valence-electron chi connectivity index (χ2n) is 10.1. The van der Waals surface area contributed by atoms with E-state index in [1.807, 2.05) is 45.0 Å². The summed E-state index contributed by atoms with van der Waals surface area (Å²) in [6.45, 7) is 4.31. The van der Waals surface area contributed by atoms with Gasteiger partial charge in [-0.2, -0.15) is 0 Å². The molecule has 2 fully saturated rings. The van der Waals surface area contributed by atoms with E-state index in [9.17, 15) is 19.2 Å². The van der Waals surface area contributed by atoms with E-state index in [0.29, 0.717) is 30.5 Å². The second kappa shape index (κ2) is 10.5. The maximum Gasteiger partial charge on any atom is 0.254 e. The third kappa shape index (κ3) is 5.10. The number of aromatic nitrogens is 1. The number of nitrogens with one attached hydrogen (secondary N) is 1. The number of carbonyl (C=O) groups is 4. The number of hydrogen-bond donors (Lipinski definition) is 1. The van der Waals surface area contributed by atoms with Gasteiger partial charge in [0.15, 0.2) is 5.78 Å². The molecule has 1 aromatic carbocycles. The first-order valence-corrected chi connectivity index (χ1v) is 12.3. The van der Waals surface area contributed by atoms with Gasteiger partial charge in [0.25, 0.3) is 11.8 Å². The van der Waals surface area contributed by atoms with Crippen LogP contribution >= 0.6 is 0 Å². The molecule has 0 bridgehead atoms. The van der Waals surface area contributed by atoms with Crippen LogP contribution in [-0.4, -0.2) is 83.6 Å². The lowest BCUT2D eigenvalue weighted by Crippen LogP contribution is -2.53. The van der Waals surface area contributed by atoms with E-state index in [0.717, 1.165) is 5.69 Å². The van der Waals surface area contributed by atoms with Gasteiger partial charge < -0.3 is 20.0 Å². The molecule has 0 spiro atoms. The zero-order chi connectivity index (χ0) is 26.0. The highest BCUT2D eigenvalue weighted by Crippen LogP contribution is 2.31. The molecule has 2 saturated heterocycles. The molecule has 0 unspecified atom stereocenters. The van der Waals surface area contributed by atoms with Crippen molar-refractivity contribution in [2.24, 2.45) is 5.92 Å². The minimum Gasteiger partial charge on any atom is -0.378 e. The molecule has 2 aliphatic rings. The minimum absolute atomic E-state index is 0.0281. The van der Waals surface area contributed by atoms with Crippen molar-refractivity contribution in [3.05, 3.63) is 59.9 Å². The number of nitrogens with zero attached hydrogens (tertiary/aromatic N) is 4. The number of rotatable bonds is 7. The molecule has 1 aromatic heterocycles. The molecule has 0 radical (unpaired) electrons. The molecule has 1 N–H and O–H groups in total. The number of carbonyl (C=O) groups excluding carboxylic acids is 4. The van der Waals surface area contributed by atoms with Crippen LogP contribution < -0.4 is 10.2 Å². The molecular weight excluding hydrogens is 458 g/mol. The summed E-state index contributed by atoms with van der Waals surface area (Å²) in [5, 5.41) is 2.90. The minimum atomic E-state index is -0.762. The fourth-order valence-electron chi connectivity index (χ4n) is 5.04. The van der Waals surface area contributed by atoms with Crippen LogP contribution in [0, 0.1) is 5.92 Å². The van der Waals surface area contributed by atoms with Crippen molar-refractivity contribution >= 4 is 29.2 Å². The number of hydrogen-bond acceptors (Lipinski definition) is 6. The Balaban J connectivity index is 1.50. The van der Waals surface area contributed by atoms with Crippen molar-refractivity contribution in [2.75, 3.05) is 32.1 Å². The van der Waals surface area contributed by atoms with Crippen LogP contribution in [0.4, 0.5) is 5.69 Å². The van der Waals surface area contributed by atoms with E-state index in [1.54, 1.807) is 46.5 Å². The van der Waals surface area contributed by atoms with E-state index in [2.05, 4.69) is 10.3 Å². The van der Waals surface area contributed by atoms with Gasteiger partial charge in [-0.3, -0.25) is 24.2 Å². The van der Waals surface area contributed by atoms with Crippen LogP contribution in [0.25, 0.3) is 0 Å². The smallest absolute Gasteiger partial charge is 0.254 e. The van der Waals surface area contributed by atoms with Crippen molar-refractivity contribution in [3.8, 4) is 0 Å². The summed E-state index contributed by atoms with van der Waals surface area (Å²) >= 11 is 0. The third-order valence-corrected chi connectivity index (χ3v) is 6.85. The molecule has 2 aromatic rings. The Bertz CT molecular complexity index is 1130. The van der Waals surface area contributed by atoms with Crippen LogP contribution in [0.2, 0.25) is 0 Å². The van der Waals surface area contributed by atoms with Crippen molar-refractivity contribution in [1.82, 2.24) is 20.1 Å². The summed E-state index contributed by atoms with van der Waals surface area (Å²) in [4.78, 5) is 61.7. The van der Waals surface area contributed by atoms with E-state index in [1.165, 1.54) is 0 Å². The zero-order valence-electron chi connectivity index (χ0n) is 21.2. The number of pyridine rings is 1. The van der Waals surface area contributed by atoms with E-state index in [4.69, 9.17) is 0 Å². The van der Waals surface area contributed by atoms with E-state index in [-0.39, 0.29) is 42.0 Å². The Labute approximate surface area is 211 Å². The maximum absolute atomic E-state index is 13.7. The predicted octanol–water partition coefficient (Wildman–Crippen LogP) is 1.99. The van der Waals surface area contributed by atoms with Crippen LogP contribution in [0.15, 0.2) is 48.8 Å². The van der Waals surface area contributed by atoms with Crippen molar-refractivity contribution < 1.29 is 19.2 Å². The Morgan fingerprint density at radius 3 is 2.31 bits per heavy atom. The SMILES string of the molecule is CC(C)C[C@H](NC(=O)c1ccc(N(C)C)cc1)C(=O)N1CC[C@@H]2[C@H]1C(=O)CN2C(=O)c1ccncc1. The summed E-state index contributed by atoms with van der Waals surface area (Å²) in [6, 6.07) is 8.60. The van der Waals surface area contributed by atoms with Crippen LogP contribution in [-0.2, 0) is 9.59 Å². The lowest BCUT2D eigenvalue weighted by molar-refractivity contribution is -0.138. The summed E-state index contributed by atoms with van der Waals surface area (Å²) in [6.07, 6.45) is 4.05. The maximum atomic E-state index is 13.7. The Morgan fingerprint density at radius 1 is 1.03 bits per heavy atom. The van der Waals surface area contributed by atoms with Gasteiger partial charge in [-0.15, -0.1) is 0 Å². The van der Waals surface area contributed by atoms with Crippen LogP contribution in [0.3, 0.4) is 0 Å². The number of Topliss-reactive ketones (excluding diaryl/α,β-unsaturated/α-hetero) is 1. The molecule has 3 heterocycles. The number of fused-ring (bicyclic) bond motifs is 1. The third-order valence-electron chi connectivity index (χ3n) is 6.85. The van der Waals surface area contributed by atoms with E-state index >= 15 is 0 Å². The number of likely N-dealkylation sites (tertiary alicyclic amines) is 2. The quantitative estimate of drug-likeness (QED) is 0.636. The predicted molar refractivity (Wildman–Crippen MR) is 136 cm³/mol. The largest absolute Gasteiger partial charge is 0.378 e.